The van der Waals surface area contributed by atoms with Gasteiger partial charge in [0, 0.05) is 27.2 Å². The number of hydrogen-bond donors (Lipinski definition) is 19. The SMILES string of the molecule is CC(=O)N[C@@H]1[C@@H](O[C@@H]2O[C@H](CO)[C@H](O)[C@H](O[C@]3(C(=O)O)C[C@H](O)[C@@H](NC(C)=O)[C@H]([C@H](O)[C@H](O)CO)O3)[C@H]2O)[C@@H](O)[C@@H](CO[C@@H]2O[C@H](COS(=O)(=O)O)[C@@H](O[C@@H]3O[C@H](CO)[C@H](O)[C@H](O)[C@H]3O)[C@H](O)[C@H]2NC(C)=O)O[C@H]1O. The molecule has 3 amide bonds. The smallest absolute Gasteiger partial charge is 0.397 e. The Hall–Kier alpha value is -3.17. The lowest BCUT2D eigenvalue weighted by Gasteiger charge is -2.51. The molecule has 5 aliphatic rings. The first kappa shape index (κ1) is 62.7. The van der Waals surface area contributed by atoms with Gasteiger partial charge >= 0.3 is 16.4 Å². The largest absolute Gasteiger partial charge is 0.477 e. The molecule has 36 heteroatoms. The van der Waals surface area contributed by atoms with Crippen LogP contribution in [-0.2, 0) is 76.4 Å². The Morgan fingerprint density at radius 2 is 1.13 bits per heavy atom. The number of aliphatic carboxylic acids is 1. The van der Waals surface area contributed by atoms with Crippen molar-refractivity contribution in [1.82, 2.24) is 16.0 Å². The van der Waals surface area contributed by atoms with E-state index in [1.165, 1.54) is 0 Å². The Bertz CT molecular complexity index is 2030. The van der Waals surface area contributed by atoms with Crippen LogP contribution in [0.3, 0.4) is 0 Å². The molecule has 0 spiro atoms. The molecule has 434 valence electrons. The van der Waals surface area contributed by atoms with Gasteiger partial charge in [-0.15, -0.1) is 0 Å². The number of carbonyl (C=O) groups is 4. The minimum Gasteiger partial charge on any atom is -0.477 e. The van der Waals surface area contributed by atoms with Crippen molar-refractivity contribution in [3.63, 3.8) is 0 Å². The van der Waals surface area contributed by atoms with Crippen LogP contribution in [0.4, 0.5) is 0 Å². The monoisotopic (exact) mass is 1120 g/mol. The maximum Gasteiger partial charge on any atom is 0.397 e. The van der Waals surface area contributed by atoms with Crippen LogP contribution in [0.25, 0.3) is 0 Å². The van der Waals surface area contributed by atoms with Crippen molar-refractivity contribution in [2.45, 2.75) is 186 Å². The fraction of sp³-hybridized carbons (Fsp3) is 0.897. The van der Waals surface area contributed by atoms with E-state index < -0.39 is 232 Å². The van der Waals surface area contributed by atoms with Crippen LogP contribution >= 0.6 is 0 Å². The second kappa shape index (κ2) is 26.2. The van der Waals surface area contributed by atoms with E-state index in [1.54, 1.807) is 0 Å². The van der Waals surface area contributed by atoms with E-state index in [4.69, 9.17) is 42.6 Å². The normalized spacial score (nSPS) is 43.5. The molecule has 0 aromatic rings. The first-order chi connectivity index (χ1) is 35.0. The summed E-state index contributed by atoms with van der Waals surface area (Å²) in [5.41, 5.74) is 0. The van der Waals surface area contributed by atoms with Crippen LogP contribution in [0.5, 0.6) is 0 Å². The number of aliphatic hydroxyl groups excluding tert-OH is 14. The highest BCUT2D eigenvalue weighted by molar-refractivity contribution is 7.80. The maximum absolute atomic E-state index is 13.0. The van der Waals surface area contributed by atoms with Crippen molar-refractivity contribution in [3.05, 3.63) is 0 Å². The van der Waals surface area contributed by atoms with E-state index in [-0.39, 0.29) is 0 Å². The molecule has 26 atom stereocenters. The molecule has 0 aromatic carbocycles. The third-order valence-corrected chi connectivity index (χ3v) is 13.1. The molecule has 5 fully saturated rings. The average molecular weight is 1120 g/mol. The summed E-state index contributed by atoms with van der Waals surface area (Å²) in [5.74, 6) is -7.93. The zero-order valence-corrected chi connectivity index (χ0v) is 40.6. The standard InChI is InChI=1S/C39H65N3O32S/c1-10(46)40-19-13(49)4-39(38(60)61,73-32(19)22(51)14(50)5-43)74-33-24(53)16(7-45)69-37(29(33)58)72-31-21(42-12(3)48)34(59)67-17(25(31)54)8-65-35-20(41-11(2)47)26(55)30(18(70-35)9-66-75(62,63)64)71-36-28(57)27(56)23(52)15(6-44)68-36/h13-37,43-45,49-59H,4-9H2,1-3H3,(H,40,46)(H,41,47)(H,42,48)(H,60,61)(H,62,63,64)/t13-,14+,15+,16+,17+,18+,19+,20+,21+,22+,23-,24-,25-,26+,27-,28+,29+,30+,31+,32+,33-,34+,35+,36-,37-,39-/m0/s1. The van der Waals surface area contributed by atoms with Crippen molar-refractivity contribution in [3.8, 4) is 0 Å². The van der Waals surface area contributed by atoms with Gasteiger partial charge in [-0.05, 0) is 0 Å². The Morgan fingerprint density at radius 3 is 1.68 bits per heavy atom. The van der Waals surface area contributed by atoms with Crippen LogP contribution < -0.4 is 16.0 Å². The maximum atomic E-state index is 13.0. The molecule has 0 radical (unpaired) electrons. The van der Waals surface area contributed by atoms with Gasteiger partial charge in [-0.25, -0.2) is 8.98 Å². The van der Waals surface area contributed by atoms with Gasteiger partial charge in [0.1, 0.15) is 116 Å². The summed E-state index contributed by atoms with van der Waals surface area (Å²) >= 11 is 0. The van der Waals surface area contributed by atoms with Crippen molar-refractivity contribution in [2.24, 2.45) is 0 Å². The van der Waals surface area contributed by atoms with E-state index in [9.17, 15) is 109 Å². The highest BCUT2D eigenvalue weighted by Crippen LogP contribution is 2.39. The number of carboxylic acids is 1. The van der Waals surface area contributed by atoms with E-state index in [2.05, 4.69) is 20.1 Å². The molecular formula is C39H65N3O32S. The zero-order chi connectivity index (χ0) is 56.2. The van der Waals surface area contributed by atoms with Crippen molar-refractivity contribution in [1.29, 1.82) is 0 Å². The summed E-state index contributed by atoms with van der Waals surface area (Å²) in [6.07, 6.45) is -46.7. The molecule has 19 N–H and O–H groups in total. The van der Waals surface area contributed by atoms with E-state index >= 15 is 0 Å². The predicted molar refractivity (Wildman–Crippen MR) is 229 cm³/mol. The molecule has 0 bridgehead atoms. The number of rotatable bonds is 21. The minimum atomic E-state index is -5.29. The molecular weight excluding hydrogens is 1050 g/mol. The van der Waals surface area contributed by atoms with Gasteiger partial charge in [0.15, 0.2) is 25.2 Å². The zero-order valence-electron chi connectivity index (χ0n) is 39.8. The summed E-state index contributed by atoms with van der Waals surface area (Å²) < 4.78 is 87.9. The molecule has 0 unspecified atom stereocenters. The summed E-state index contributed by atoms with van der Waals surface area (Å²) in [7, 11) is -5.29. The minimum absolute atomic E-state index is 0.834. The number of aliphatic hydroxyl groups is 14. The molecule has 0 aromatic heterocycles. The van der Waals surface area contributed by atoms with E-state index in [0.29, 0.717) is 0 Å². The third kappa shape index (κ3) is 14.8. The number of hydrogen-bond acceptors (Lipinski definition) is 30. The highest BCUT2D eigenvalue weighted by Gasteiger charge is 2.61. The van der Waals surface area contributed by atoms with Gasteiger partial charge in [0.05, 0.1) is 45.2 Å². The Morgan fingerprint density at radius 1 is 0.613 bits per heavy atom. The van der Waals surface area contributed by atoms with Gasteiger partial charge < -0.3 is 135 Å². The van der Waals surface area contributed by atoms with Crippen molar-refractivity contribution < 1.29 is 156 Å². The molecule has 5 saturated heterocycles. The number of carboxylic acid groups (broad SMARTS) is 1. The quantitative estimate of drug-likeness (QED) is 0.0475. The molecule has 35 nitrogen and oxygen atoms in total. The topological polar surface area (TPSA) is 554 Å². The van der Waals surface area contributed by atoms with Crippen molar-refractivity contribution >= 4 is 34.1 Å². The van der Waals surface area contributed by atoms with E-state index in [0.717, 1.165) is 20.8 Å². The van der Waals surface area contributed by atoms with Gasteiger partial charge in [0.25, 0.3) is 5.79 Å². The summed E-state index contributed by atoms with van der Waals surface area (Å²) in [4.78, 5) is 49.9. The third-order valence-electron chi connectivity index (χ3n) is 12.7. The Kier molecular flexibility index (Phi) is 21.9. The van der Waals surface area contributed by atoms with Crippen LogP contribution in [0.1, 0.15) is 27.2 Å². The molecule has 0 aliphatic carbocycles. The average Bonchev–Trinajstić information content (AvgIpc) is 3.33. The molecule has 75 heavy (non-hydrogen) atoms. The lowest BCUT2D eigenvalue weighted by molar-refractivity contribution is -0.381. The fourth-order valence-electron chi connectivity index (χ4n) is 8.98. The Labute approximate surface area is 424 Å². The van der Waals surface area contributed by atoms with E-state index in [1.807, 2.05) is 0 Å². The number of nitrogens with one attached hydrogen (secondary N) is 3. The van der Waals surface area contributed by atoms with Gasteiger partial charge in [0.2, 0.25) is 17.7 Å². The van der Waals surface area contributed by atoms with Crippen LogP contribution in [-0.4, -0.2) is 305 Å². The number of carbonyl (C=O) groups excluding carboxylic acids is 3. The fourth-order valence-corrected chi connectivity index (χ4v) is 9.29. The molecule has 0 saturated carbocycles. The second-order valence-corrected chi connectivity index (χ2v) is 19.2. The van der Waals surface area contributed by atoms with Gasteiger partial charge in [-0.2, -0.15) is 8.42 Å². The predicted octanol–water partition coefficient (Wildman–Crippen LogP) is -12.5. The first-order valence-corrected chi connectivity index (χ1v) is 24.2. The summed E-state index contributed by atoms with van der Waals surface area (Å²) in [6.45, 7) is -2.57. The lowest BCUT2D eigenvalue weighted by Crippen LogP contribution is -2.71. The highest BCUT2D eigenvalue weighted by atomic mass is 32.3. The number of amides is 3. The van der Waals surface area contributed by atoms with Crippen LogP contribution in [0.15, 0.2) is 0 Å². The summed E-state index contributed by atoms with van der Waals surface area (Å²) in [5, 5.41) is 168. The van der Waals surface area contributed by atoms with Crippen molar-refractivity contribution in [2.75, 3.05) is 33.0 Å². The lowest BCUT2D eigenvalue weighted by atomic mass is 9.88. The summed E-state index contributed by atoms with van der Waals surface area (Å²) in [6, 6.07) is -5.31. The molecule has 5 heterocycles. The molecule has 5 rings (SSSR count). The first-order valence-electron chi connectivity index (χ1n) is 22.9. The second-order valence-electron chi connectivity index (χ2n) is 18.2. The molecule has 5 aliphatic heterocycles. The Balaban J connectivity index is 1.42. The van der Waals surface area contributed by atoms with Gasteiger partial charge in [-0.1, -0.05) is 0 Å². The number of ether oxygens (including phenoxy) is 9. The van der Waals surface area contributed by atoms with Crippen LogP contribution in [0, 0.1) is 0 Å². The van der Waals surface area contributed by atoms with Gasteiger partial charge in [-0.3, -0.25) is 18.9 Å². The van der Waals surface area contributed by atoms with Crippen LogP contribution in [0.2, 0.25) is 0 Å².